The molecule has 1 heteroatoms. The number of benzene rings is 1. The molecule has 0 aromatic heterocycles. The molecule has 2 aliphatic rings. The van der Waals surface area contributed by atoms with Gasteiger partial charge in [-0.05, 0) is 99.0 Å². The summed E-state index contributed by atoms with van der Waals surface area (Å²) in [4.78, 5) is 0. The molecule has 0 saturated heterocycles. The SMILES string of the molecule is C=CCC1CCC(C2CCC(CCCCc3ccc(C(CC)OC)cc3)CC2)CC1. The molecule has 1 aromatic carbocycles. The highest BCUT2D eigenvalue weighted by atomic mass is 16.5. The van der Waals surface area contributed by atoms with Gasteiger partial charge in [0.1, 0.15) is 0 Å². The normalized spacial score (nSPS) is 28.2. The van der Waals surface area contributed by atoms with Crippen molar-refractivity contribution in [2.75, 3.05) is 7.11 Å². The van der Waals surface area contributed by atoms with Gasteiger partial charge in [-0.3, -0.25) is 0 Å². The van der Waals surface area contributed by atoms with Gasteiger partial charge in [0, 0.05) is 7.11 Å². The summed E-state index contributed by atoms with van der Waals surface area (Å²) in [5.41, 5.74) is 2.80. The minimum Gasteiger partial charge on any atom is -0.377 e. The zero-order valence-corrected chi connectivity index (χ0v) is 19.8. The molecule has 0 amide bonds. The molecule has 0 heterocycles. The Bertz CT molecular complexity index is 583. The molecule has 0 radical (unpaired) electrons. The average molecular weight is 411 g/mol. The first-order valence-corrected chi connectivity index (χ1v) is 13.0. The van der Waals surface area contributed by atoms with E-state index in [0.717, 1.165) is 30.1 Å². The van der Waals surface area contributed by atoms with Crippen molar-refractivity contribution in [2.45, 2.75) is 103 Å². The Hall–Kier alpha value is -1.08. The standard InChI is InChI=1S/C29H46O/c1-4-8-23-11-17-26(18-12-23)27-19-13-24(14-20-27)9-6-7-10-25-15-21-28(22-16-25)29(5-2)30-3/h4,15-16,21-24,26-27,29H,1,5-14,17-20H2,2-3H3. The zero-order chi connectivity index (χ0) is 21.2. The number of aryl methyl sites for hydroxylation is 1. The minimum absolute atomic E-state index is 0.247. The van der Waals surface area contributed by atoms with Crippen molar-refractivity contribution in [3.63, 3.8) is 0 Å². The number of hydrogen-bond donors (Lipinski definition) is 0. The van der Waals surface area contributed by atoms with Crippen molar-refractivity contribution in [1.82, 2.24) is 0 Å². The van der Waals surface area contributed by atoms with Gasteiger partial charge in [-0.25, -0.2) is 0 Å². The molecule has 0 N–H and O–H groups in total. The van der Waals surface area contributed by atoms with Crippen LogP contribution in [0.1, 0.15) is 108 Å². The first kappa shape index (κ1) is 23.6. The van der Waals surface area contributed by atoms with Gasteiger partial charge < -0.3 is 4.74 Å². The van der Waals surface area contributed by atoms with Gasteiger partial charge in [0.05, 0.1) is 6.10 Å². The molecule has 1 aromatic rings. The van der Waals surface area contributed by atoms with Crippen molar-refractivity contribution < 1.29 is 4.74 Å². The van der Waals surface area contributed by atoms with E-state index in [4.69, 9.17) is 4.74 Å². The lowest BCUT2D eigenvalue weighted by Crippen LogP contribution is -2.25. The average Bonchev–Trinajstić information content (AvgIpc) is 2.80. The third-order valence-corrected chi connectivity index (χ3v) is 8.28. The van der Waals surface area contributed by atoms with Crippen molar-refractivity contribution in [3.8, 4) is 0 Å². The zero-order valence-electron chi connectivity index (χ0n) is 19.8. The molecule has 0 aliphatic heterocycles. The van der Waals surface area contributed by atoms with Gasteiger partial charge >= 0.3 is 0 Å². The van der Waals surface area contributed by atoms with Gasteiger partial charge in [-0.2, -0.15) is 0 Å². The summed E-state index contributed by atoms with van der Waals surface area (Å²) in [5, 5.41) is 0. The Morgan fingerprint density at radius 3 is 2.03 bits per heavy atom. The van der Waals surface area contributed by atoms with Gasteiger partial charge in [0.15, 0.2) is 0 Å². The van der Waals surface area contributed by atoms with Crippen LogP contribution >= 0.6 is 0 Å². The molecule has 0 spiro atoms. The number of allylic oxidation sites excluding steroid dienone is 1. The summed E-state index contributed by atoms with van der Waals surface area (Å²) in [6.07, 6.45) is 22.0. The Balaban J connectivity index is 1.29. The number of ether oxygens (including phenoxy) is 1. The molecule has 1 unspecified atom stereocenters. The highest BCUT2D eigenvalue weighted by Gasteiger charge is 2.30. The number of rotatable bonds is 11. The predicted molar refractivity (Wildman–Crippen MR) is 130 cm³/mol. The van der Waals surface area contributed by atoms with Gasteiger partial charge in [-0.15, -0.1) is 6.58 Å². The van der Waals surface area contributed by atoms with E-state index < -0.39 is 0 Å². The molecular weight excluding hydrogens is 364 g/mol. The lowest BCUT2D eigenvalue weighted by atomic mass is 9.68. The third kappa shape index (κ3) is 6.98. The second-order valence-electron chi connectivity index (χ2n) is 10.2. The second-order valence-corrected chi connectivity index (χ2v) is 10.2. The fourth-order valence-electron chi connectivity index (χ4n) is 6.28. The van der Waals surface area contributed by atoms with Gasteiger partial charge in [0.25, 0.3) is 0 Å². The van der Waals surface area contributed by atoms with Crippen LogP contribution in [0.3, 0.4) is 0 Å². The number of hydrogen-bond acceptors (Lipinski definition) is 1. The van der Waals surface area contributed by atoms with Crippen molar-refractivity contribution in [2.24, 2.45) is 23.7 Å². The van der Waals surface area contributed by atoms with Crippen LogP contribution in [0.4, 0.5) is 0 Å². The van der Waals surface area contributed by atoms with Crippen LogP contribution in [0.5, 0.6) is 0 Å². The third-order valence-electron chi connectivity index (χ3n) is 8.28. The Kier molecular flexibility index (Phi) is 9.98. The van der Waals surface area contributed by atoms with E-state index in [2.05, 4.69) is 43.8 Å². The molecule has 2 fully saturated rings. The first-order valence-electron chi connectivity index (χ1n) is 13.0. The van der Waals surface area contributed by atoms with E-state index in [1.807, 2.05) is 7.11 Å². The number of methoxy groups -OCH3 is 1. The molecule has 168 valence electrons. The highest BCUT2D eigenvalue weighted by Crippen LogP contribution is 2.42. The van der Waals surface area contributed by atoms with Crippen LogP contribution in [0.2, 0.25) is 0 Å². The second kappa shape index (κ2) is 12.7. The smallest absolute Gasteiger partial charge is 0.0818 e. The monoisotopic (exact) mass is 410 g/mol. The van der Waals surface area contributed by atoms with Gasteiger partial charge in [-0.1, -0.05) is 62.9 Å². The van der Waals surface area contributed by atoms with E-state index in [9.17, 15) is 0 Å². The molecule has 2 saturated carbocycles. The Morgan fingerprint density at radius 1 is 0.900 bits per heavy atom. The van der Waals surface area contributed by atoms with Gasteiger partial charge in [0.2, 0.25) is 0 Å². The van der Waals surface area contributed by atoms with Crippen molar-refractivity contribution in [3.05, 3.63) is 48.0 Å². The summed E-state index contributed by atoms with van der Waals surface area (Å²) in [6, 6.07) is 9.15. The summed E-state index contributed by atoms with van der Waals surface area (Å²) in [7, 11) is 1.81. The van der Waals surface area contributed by atoms with Crippen molar-refractivity contribution in [1.29, 1.82) is 0 Å². The summed E-state index contributed by atoms with van der Waals surface area (Å²) in [6.45, 7) is 6.12. The Labute approximate surface area is 186 Å². The molecule has 0 bridgehead atoms. The van der Waals surface area contributed by atoms with Crippen LogP contribution in [0.25, 0.3) is 0 Å². The maximum absolute atomic E-state index is 5.55. The minimum atomic E-state index is 0.247. The van der Waals surface area contributed by atoms with Crippen LogP contribution in [-0.4, -0.2) is 7.11 Å². The molecular formula is C29H46O. The van der Waals surface area contributed by atoms with Crippen LogP contribution < -0.4 is 0 Å². The summed E-state index contributed by atoms with van der Waals surface area (Å²) in [5.74, 6) is 4.04. The lowest BCUT2D eigenvalue weighted by Gasteiger charge is -2.37. The maximum Gasteiger partial charge on any atom is 0.0818 e. The molecule has 30 heavy (non-hydrogen) atoms. The summed E-state index contributed by atoms with van der Waals surface area (Å²) >= 11 is 0. The first-order chi connectivity index (χ1) is 14.7. The topological polar surface area (TPSA) is 9.23 Å². The van der Waals surface area contributed by atoms with Crippen LogP contribution in [-0.2, 0) is 11.2 Å². The largest absolute Gasteiger partial charge is 0.377 e. The maximum atomic E-state index is 5.55. The predicted octanol–water partition coefficient (Wildman–Crippen LogP) is 8.69. The summed E-state index contributed by atoms with van der Waals surface area (Å²) < 4.78 is 5.55. The lowest BCUT2D eigenvalue weighted by molar-refractivity contribution is 0.100. The number of unbranched alkanes of at least 4 members (excludes halogenated alkanes) is 1. The van der Waals surface area contributed by atoms with Crippen LogP contribution in [0.15, 0.2) is 36.9 Å². The fraction of sp³-hybridized carbons (Fsp3) is 0.724. The molecule has 3 rings (SSSR count). The Morgan fingerprint density at radius 2 is 1.50 bits per heavy atom. The van der Waals surface area contributed by atoms with E-state index >= 15 is 0 Å². The van der Waals surface area contributed by atoms with E-state index in [0.29, 0.717) is 0 Å². The molecule has 1 nitrogen and oxygen atoms in total. The van der Waals surface area contributed by atoms with E-state index in [-0.39, 0.29) is 6.10 Å². The van der Waals surface area contributed by atoms with E-state index in [1.165, 1.54) is 94.6 Å². The fourth-order valence-corrected chi connectivity index (χ4v) is 6.28. The highest BCUT2D eigenvalue weighted by molar-refractivity contribution is 5.24. The molecule has 2 aliphatic carbocycles. The van der Waals surface area contributed by atoms with E-state index in [1.54, 1.807) is 0 Å². The quantitative estimate of drug-likeness (QED) is 0.262. The molecule has 1 atom stereocenters. The van der Waals surface area contributed by atoms with Crippen LogP contribution in [0, 0.1) is 23.7 Å². The van der Waals surface area contributed by atoms with Crippen molar-refractivity contribution >= 4 is 0 Å².